The summed E-state index contributed by atoms with van der Waals surface area (Å²) in [6, 6.07) is 17.4. The van der Waals surface area contributed by atoms with Crippen molar-refractivity contribution in [2.75, 3.05) is 47.1 Å². The third-order valence-electron chi connectivity index (χ3n) is 5.37. The fourth-order valence-corrected chi connectivity index (χ4v) is 3.63. The topological polar surface area (TPSA) is 78.2 Å². The van der Waals surface area contributed by atoms with E-state index in [4.69, 9.17) is 24.0 Å². The number of aliphatic hydroxyl groups excluding tert-OH is 1. The Morgan fingerprint density at radius 1 is 1.06 bits per heavy atom. The number of hydrogen-bond acceptors (Lipinski definition) is 7. The molecule has 0 bridgehead atoms. The Bertz CT molecular complexity index is 1010. The molecule has 3 aromatic rings. The maximum atomic E-state index is 10.5. The van der Waals surface area contributed by atoms with Crippen LogP contribution in [0.5, 0.6) is 17.4 Å². The van der Waals surface area contributed by atoms with Crippen LogP contribution in [0.1, 0.15) is 18.2 Å². The normalized spacial score (nSPS) is 12.2. The van der Waals surface area contributed by atoms with Crippen molar-refractivity contribution < 1.29 is 24.1 Å². The van der Waals surface area contributed by atoms with Crippen LogP contribution in [0.4, 0.5) is 0 Å². The molecule has 0 aliphatic heterocycles. The monoisotopic (exact) mass is 469 g/mol. The number of para-hydroxylation sites is 1. The highest BCUT2D eigenvalue weighted by molar-refractivity contribution is 5.44. The van der Waals surface area contributed by atoms with Crippen LogP contribution in [-0.2, 0) is 16.0 Å². The van der Waals surface area contributed by atoms with E-state index in [9.17, 15) is 5.11 Å². The van der Waals surface area contributed by atoms with Gasteiger partial charge in [0.15, 0.2) is 0 Å². The van der Waals surface area contributed by atoms with Crippen molar-refractivity contribution in [2.24, 2.45) is 0 Å². The summed E-state index contributed by atoms with van der Waals surface area (Å²) in [5.41, 5.74) is 2.68. The third kappa shape index (κ3) is 7.04. The summed E-state index contributed by atoms with van der Waals surface area (Å²) in [6.07, 6.45) is -0.607. The van der Waals surface area contributed by atoms with Crippen LogP contribution in [0.2, 0.25) is 0 Å². The fourth-order valence-electron chi connectivity index (χ4n) is 3.63. The second-order valence-corrected chi connectivity index (χ2v) is 7.94. The standard InChI is InChI=1S/C26H35N3O5/c1-5-33-19-22(30)17-28(14-15-31-3)18-25-20(2)27-29(21-10-7-6-8-11-21)26(25)34-24-13-9-12-23(16-24)32-4/h6-13,16,22,30H,5,14-15,17-19H2,1-4H3/t22-/m0/s1. The lowest BCUT2D eigenvalue weighted by Crippen LogP contribution is -2.36. The second kappa shape index (κ2) is 13.1. The first-order valence-electron chi connectivity index (χ1n) is 11.5. The summed E-state index contributed by atoms with van der Waals surface area (Å²) < 4.78 is 24.3. The second-order valence-electron chi connectivity index (χ2n) is 7.94. The van der Waals surface area contributed by atoms with E-state index in [-0.39, 0.29) is 6.61 Å². The summed E-state index contributed by atoms with van der Waals surface area (Å²) >= 11 is 0. The molecule has 0 radical (unpaired) electrons. The Balaban J connectivity index is 1.96. The molecule has 3 rings (SSSR count). The maximum Gasteiger partial charge on any atom is 0.227 e. The molecule has 0 saturated heterocycles. The molecule has 2 aromatic carbocycles. The predicted molar refractivity (Wildman–Crippen MR) is 131 cm³/mol. The summed E-state index contributed by atoms with van der Waals surface area (Å²) in [6.45, 7) is 6.90. The largest absolute Gasteiger partial charge is 0.497 e. The van der Waals surface area contributed by atoms with E-state index in [1.165, 1.54) is 0 Å². The van der Waals surface area contributed by atoms with Gasteiger partial charge in [0.05, 0.1) is 43.4 Å². The number of aromatic nitrogens is 2. The van der Waals surface area contributed by atoms with Crippen LogP contribution in [0.15, 0.2) is 54.6 Å². The van der Waals surface area contributed by atoms with Gasteiger partial charge in [-0.1, -0.05) is 24.3 Å². The van der Waals surface area contributed by atoms with Crippen LogP contribution < -0.4 is 9.47 Å². The first-order valence-corrected chi connectivity index (χ1v) is 11.5. The average Bonchev–Trinajstić information content (AvgIpc) is 3.16. The molecule has 8 heteroatoms. The Morgan fingerprint density at radius 2 is 1.82 bits per heavy atom. The molecule has 0 aliphatic rings. The number of methoxy groups -OCH3 is 2. The van der Waals surface area contributed by atoms with E-state index in [1.807, 2.05) is 73.1 Å². The number of ether oxygens (including phenoxy) is 4. The Labute approximate surface area is 201 Å². The molecular formula is C26H35N3O5. The van der Waals surface area contributed by atoms with Crippen molar-refractivity contribution in [1.29, 1.82) is 0 Å². The van der Waals surface area contributed by atoms with Crippen LogP contribution in [0.25, 0.3) is 5.69 Å². The minimum atomic E-state index is -0.607. The zero-order chi connectivity index (χ0) is 24.3. The number of hydrogen-bond donors (Lipinski definition) is 1. The molecule has 0 unspecified atom stereocenters. The smallest absolute Gasteiger partial charge is 0.227 e. The highest BCUT2D eigenvalue weighted by Gasteiger charge is 2.22. The zero-order valence-corrected chi connectivity index (χ0v) is 20.4. The van der Waals surface area contributed by atoms with Crippen LogP contribution in [-0.4, -0.2) is 73.0 Å². The van der Waals surface area contributed by atoms with Crippen molar-refractivity contribution in [3.63, 3.8) is 0 Å². The molecule has 1 N–H and O–H groups in total. The first kappa shape index (κ1) is 25.7. The quantitative estimate of drug-likeness (QED) is 0.384. The van der Waals surface area contributed by atoms with Gasteiger partial charge in [-0.15, -0.1) is 0 Å². The van der Waals surface area contributed by atoms with Gasteiger partial charge in [-0.3, -0.25) is 4.90 Å². The lowest BCUT2D eigenvalue weighted by atomic mass is 10.2. The van der Waals surface area contributed by atoms with Crippen LogP contribution >= 0.6 is 0 Å². The Morgan fingerprint density at radius 3 is 2.53 bits per heavy atom. The number of aliphatic hydroxyl groups is 1. The highest BCUT2D eigenvalue weighted by atomic mass is 16.5. The Kier molecular flexibility index (Phi) is 9.90. The number of nitrogens with zero attached hydrogens (tertiary/aromatic N) is 3. The van der Waals surface area contributed by atoms with Crippen molar-refractivity contribution in [1.82, 2.24) is 14.7 Å². The average molecular weight is 470 g/mol. The summed E-state index contributed by atoms with van der Waals surface area (Å²) in [7, 11) is 3.30. The van der Waals surface area contributed by atoms with E-state index in [2.05, 4.69) is 4.90 Å². The lowest BCUT2D eigenvalue weighted by molar-refractivity contribution is 0.0147. The zero-order valence-electron chi connectivity index (χ0n) is 20.4. The SMILES string of the molecule is CCOC[C@@H](O)CN(CCOC)Cc1c(C)nn(-c2ccccc2)c1Oc1cccc(OC)c1. The van der Waals surface area contributed by atoms with Crippen LogP contribution in [0, 0.1) is 6.92 Å². The van der Waals surface area contributed by atoms with Gasteiger partial charge in [0.1, 0.15) is 11.5 Å². The van der Waals surface area contributed by atoms with Gasteiger partial charge < -0.3 is 24.1 Å². The van der Waals surface area contributed by atoms with Crippen molar-refractivity contribution >= 4 is 0 Å². The van der Waals surface area contributed by atoms with Gasteiger partial charge in [-0.2, -0.15) is 5.10 Å². The molecule has 0 saturated carbocycles. The number of rotatable bonds is 14. The van der Waals surface area contributed by atoms with Gasteiger partial charge in [0.2, 0.25) is 5.88 Å². The maximum absolute atomic E-state index is 10.5. The third-order valence-corrected chi connectivity index (χ3v) is 5.37. The Hall–Kier alpha value is -2.91. The molecule has 0 spiro atoms. The highest BCUT2D eigenvalue weighted by Crippen LogP contribution is 2.33. The molecule has 184 valence electrons. The lowest BCUT2D eigenvalue weighted by Gasteiger charge is -2.25. The minimum absolute atomic E-state index is 0.287. The van der Waals surface area contributed by atoms with Gasteiger partial charge in [0, 0.05) is 39.4 Å². The molecule has 0 aliphatic carbocycles. The predicted octanol–water partition coefficient (Wildman–Crippen LogP) is 3.83. The van der Waals surface area contributed by atoms with Crippen LogP contribution in [0.3, 0.4) is 0 Å². The van der Waals surface area contributed by atoms with E-state index < -0.39 is 6.10 Å². The van der Waals surface area contributed by atoms with E-state index in [1.54, 1.807) is 14.2 Å². The summed E-state index contributed by atoms with van der Waals surface area (Å²) in [5.74, 6) is 1.98. The van der Waals surface area contributed by atoms with Crippen molar-refractivity contribution in [2.45, 2.75) is 26.5 Å². The molecule has 8 nitrogen and oxygen atoms in total. The first-order chi connectivity index (χ1) is 16.5. The molecule has 1 atom stereocenters. The number of aryl methyl sites for hydroxylation is 1. The molecule has 0 amide bonds. The molecule has 34 heavy (non-hydrogen) atoms. The van der Waals surface area contributed by atoms with E-state index in [0.717, 1.165) is 16.9 Å². The summed E-state index contributed by atoms with van der Waals surface area (Å²) in [5, 5.41) is 15.3. The van der Waals surface area contributed by atoms with Gasteiger partial charge >= 0.3 is 0 Å². The summed E-state index contributed by atoms with van der Waals surface area (Å²) in [4.78, 5) is 2.13. The molecule has 1 heterocycles. The molecule has 1 aromatic heterocycles. The number of benzene rings is 2. The minimum Gasteiger partial charge on any atom is -0.497 e. The van der Waals surface area contributed by atoms with E-state index >= 15 is 0 Å². The van der Waals surface area contributed by atoms with Crippen molar-refractivity contribution in [3.8, 4) is 23.1 Å². The van der Waals surface area contributed by atoms with Gasteiger partial charge in [0.25, 0.3) is 0 Å². The van der Waals surface area contributed by atoms with E-state index in [0.29, 0.717) is 50.2 Å². The molecular weight excluding hydrogens is 434 g/mol. The molecule has 0 fully saturated rings. The fraction of sp³-hybridized carbons (Fsp3) is 0.423. The van der Waals surface area contributed by atoms with Gasteiger partial charge in [-0.25, -0.2) is 4.68 Å². The van der Waals surface area contributed by atoms with Gasteiger partial charge in [-0.05, 0) is 38.1 Å². The van der Waals surface area contributed by atoms with Crippen molar-refractivity contribution in [3.05, 3.63) is 65.9 Å².